The predicted molar refractivity (Wildman–Crippen MR) is 105 cm³/mol. The van der Waals surface area contributed by atoms with Crippen molar-refractivity contribution in [1.82, 2.24) is 4.90 Å². The lowest BCUT2D eigenvalue weighted by Crippen LogP contribution is -2.42. The molecule has 0 saturated carbocycles. The van der Waals surface area contributed by atoms with Gasteiger partial charge in [-0.15, -0.1) is 0 Å². The SMILES string of the molecule is CN(CC(=O)Nc1ccc2c(c1)OCCCO2)CC1COc2ccccc2O1. The van der Waals surface area contributed by atoms with E-state index in [4.69, 9.17) is 18.9 Å². The number of likely N-dealkylation sites (N-methyl/N-ethyl adjacent to an activating group) is 1. The minimum absolute atomic E-state index is 0.103. The van der Waals surface area contributed by atoms with E-state index in [0.29, 0.717) is 43.6 Å². The number of carbonyl (C=O) groups is 1. The lowest BCUT2D eigenvalue weighted by Gasteiger charge is -2.29. The summed E-state index contributed by atoms with van der Waals surface area (Å²) in [7, 11) is 1.89. The van der Waals surface area contributed by atoms with Gasteiger partial charge in [-0.1, -0.05) is 12.1 Å². The normalized spacial score (nSPS) is 17.7. The number of nitrogens with one attached hydrogen (secondary N) is 1. The molecule has 7 nitrogen and oxygen atoms in total. The standard InChI is InChI=1S/C21H24N2O5/c1-23(12-16-14-27-17-5-2-3-6-19(17)28-16)13-21(24)22-15-7-8-18-20(11-15)26-10-4-9-25-18/h2-3,5-8,11,16H,4,9-10,12-14H2,1H3,(H,22,24). The Morgan fingerprint density at radius 3 is 2.64 bits per heavy atom. The zero-order chi connectivity index (χ0) is 19.3. The molecule has 2 aromatic carbocycles. The first-order valence-electron chi connectivity index (χ1n) is 9.44. The lowest BCUT2D eigenvalue weighted by atomic mass is 10.2. The van der Waals surface area contributed by atoms with E-state index in [9.17, 15) is 4.79 Å². The molecule has 1 atom stereocenters. The molecule has 0 aromatic heterocycles. The van der Waals surface area contributed by atoms with Crippen LogP contribution in [0.3, 0.4) is 0 Å². The summed E-state index contributed by atoms with van der Waals surface area (Å²) in [4.78, 5) is 14.3. The Morgan fingerprint density at radius 2 is 1.79 bits per heavy atom. The van der Waals surface area contributed by atoms with Crippen LogP contribution in [0.5, 0.6) is 23.0 Å². The van der Waals surface area contributed by atoms with Crippen molar-refractivity contribution >= 4 is 11.6 Å². The quantitative estimate of drug-likeness (QED) is 0.855. The minimum atomic E-state index is -0.120. The molecule has 0 radical (unpaired) electrons. The summed E-state index contributed by atoms with van der Waals surface area (Å²) in [5.74, 6) is 2.77. The molecule has 1 unspecified atom stereocenters. The molecule has 2 heterocycles. The van der Waals surface area contributed by atoms with Crippen LogP contribution in [0.4, 0.5) is 5.69 Å². The van der Waals surface area contributed by atoms with E-state index in [1.54, 1.807) is 6.07 Å². The number of benzene rings is 2. The number of fused-ring (bicyclic) bond motifs is 2. The average molecular weight is 384 g/mol. The first-order valence-corrected chi connectivity index (χ1v) is 9.44. The van der Waals surface area contributed by atoms with Gasteiger partial charge in [0.1, 0.15) is 12.7 Å². The summed E-state index contributed by atoms with van der Waals surface area (Å²) in [5, 5.41) is 2.91. The topological polar surface area (TPSA) is 69.3 Å². The molecule has 0 aliphatic carbocycles. The fourth-order valence-electron chi connectivity index (χ4n) is 3.25. The third kappa shape index (κ3) is 4.48. The molecular formula is C21H24N2O5. The maximum Gasteiger partial charge on any atom is 0.238 e. The van der Waals surface area contributed by atoms with Crippen molar-refractivity contribution in [2.24, 2.45) is 0 Å². The van der Waals surface area contributed by atoms with E-state index in [1.165, 1.54) is 0 Å². The van der Waals surface area contributed by atoms with Crippen molar-refractivity contribution < 1.29 is 23.7 Å². The number of carbonyl (C=O) groups excluding carboxylic acids is 1. The van der Waals surface area contributed by atoms with E-state index >= 15 is 0 Å². The molecule has 0 spiro atoms. The minimum Gasteiger partial charge on any atom is -0.490 e. The van der Waals surface area contributed by atoms with Crippen molar-refractivity contribution in [3.63, 3.8) is 0 Å². The average Bonchev–Trinajstić information content (AvgIpc) is 2.92. The molecule has 0 fully saturated rings. The second-order valence-electron chi connectivity index (χ2n) is 6.95. The van der Waals surface area contributed by atoms with Crippen LogP contribution in [0.2, 0.25) is 0 Å². The molecule has 2 aliphatic rings. The van der Waals surface area contributed by atoms with Crippen LogP contribution in [-0.2, 0) is 4.79 Å². The first-order chi connectivity index (χ1) is 13.7. The Hall–Kier alpha value is -2.93. The highest BCUT2D eigenvalue weighted by Gasteiger charge is 2.22. The van der Waals surface area contributed by atoms with E-state index in [2.05, 4.69) is 5.32 Å². The molecule has 0 saturated heterocycles. The number of anilines is 1. The van der Waals surface area contributed by atoms with Gasteiger partial charge in [-0.2, -0.15) is 0 Å². The van der Waals surface area contributed by atoms with E-state index in [1.807, 2.05) is 48.3 Å². The van der Waals surface area contributed by atoms with Crippen LogP contribution >= 0.6 is 0 Å². The molecule has 2 aromatic rings. The van der Waals surface area contributed by atoms with Crippen molar-refractivity contribution in [2.75, 3.05) is 45.3 Å². The van der Waals surface area contributed by atoms with Crippen LogP contribution in [0, 0.1) is 0 Å². The van der Waals surface area contributed by atoms with Gasteiger partial charge in [0.05, 0.1) is 19.8 Å². The summed E-state index contributed by atoms with van der Waals surface area (Å²) >= 11 is 0. The predicted octanol–water partition coefficient (Wildman–Crippen LogP) is 2.56. The highest BCUT2D eigenvalue weighted by molar-refractivity contribution is 5.92. The number of rotatable bonds is 5. The van der Waals surface area contributed by atoms with Crippen LogP contribution in [-0.4, -0.2) is 56.9 Å². The summed E-state index contributed by atoms with van der Waals surface area (Å²) in [5.41, 5.74) is 0.689. The van der Waals surface area contributed by atoms with Crippen LogP contribution in [0.15, 0.2) is 42.5 Å². The molecular weight excluding hydrogens is 360 g/mol. The maximum absolute atomic E-state index is 12.4. The Bertz CT molecular complexity index is 841. The monoisotopic (exact) mass is 384 g/mol. The van der Waals surface area contributed by atoms with Crippen molar-refractivity contribution in [3.05, 3.63) is 42.5 Å². The van der Waals surface area contributed by atoms with Crippen LogP contribution < -0.4 is 24.3 Å². The number of para-hydroxylation sites is 2. The van der Waals surface area contributed by atoms with Gasteiger partial charge in [-0.3, -0.25) is 9.69 Å². The zero-order valence-electron chi connectivity index (χ0n) is 15.8. The molecule has 7 heteroatoms. The third-order valence-corrected chi connectivity index (χ3v) is 4.53. The van der Waals surface area contributed by atoms with Gasteiger partial charge in [0, 0.05) is 24.7 Å². The second-order valence-corrected chi connectivity index (χ2v) is 6.95. The van der Waals surface area contributed by atoms with E-state index in [0.717, 1.165) is 17.9 Å². The summed E-state index contributed by atoms with van der Waals surface area (Å²) < 4.78 is 22.9. The highest BCUT2D eigenvalue weighted by atomic mass is 16.6. The number of nitrogens with zero attached hydrogens (tertiary/aromatic N) is 1. The van der Waals surface area contributed by atoms with E-state index in [-0.39, 0.29) is 18.6 Å². The highest BCUT2D eigenvalue weighted by Crippen LogP contribution is 2.32. The van der Waals surface area contributed by atoms with Gasteiger partial charge >= 0.3 is 0 Å². The second kappa shape index (κ2) is 8.39. The van der Waals surface area contributed by atoms with Crippen LogP contribution in [0.25, 0.3) is 0 Å². The number of hydrogen-bond donors (Lipinski definition) is 1. The molecule has 1 N–H and O–H groups in total. The first kappa shape index (κ1) is 18.4. The van der Waals surface area contributed by atoms with Gasteiger partial charge in [-0.05, 0) is 31.3 Å². The zero-order valence-corrected chi connectivity index (χ0v) is 15.8. The fraction of sp³-hybridized carbons (Fsp3) is 0.381. The number of amides is 1. The molecule has 28 heavy (non-hydrogen) atoms. The fourth-order valence-corrected chi connectivity index (χ4v) is 3.25. The van der Waals surface area contributed by atoms with Gasteiger partial charge in [-0.25, -0.2) is 0 Å². The third-order valence-electron chi connectivity index (χ3n) is 4.53. The van der Waals surface area contributed by atoms with Crippen molar-refractivity contribution in [3.8, 4) is 23.0 Å². The largest absolute Gasteiger partial charge is 0.490 e. The van der Waals surface area contributed by atoms with Crippen molar-refractivity contribution in [2.45, 2.75) is 12.5 Å². The Balaban J connectivity index is 1.29. The van der Waals surface area contributed by atoms with Gasteiger partial charge in [0.2, 0.25) is 5.91 Å². The summed E-state index contributed by atoms with van der Waals surface area (Å²) in [6, 6.07) is 13.0. The molecule has 148 valence electrons. The van der Waals surface area contributed by atoms with Crippen molar-refractivity contribution in [1.29, 1.82) is 0 Å². The van der Waals surface area contributed by atoms with Crippen LogP contribution in [0.1, 0.15) is 6.42 Å². The molecule has 2 aliphatic heterocycles. The Morgan fingerprint density at radius 1 is 1.04 bits per heavy atom. The summed E-state index contributed by atoms with van der Waals surface area (Å²) in [6.45, 7) is 2.55. The van der Waals surface area contributed by atoms with Gasteiger partial charge in [0.25, 0.3) is 0 Å². The maximum atomic E-state index is 12.4. The Kier molecular flexibility index (Phi) is 5.53. The number of hydrogen-bond acceptors (Lipinski definition) is 6. The summed E-state index contributed by atoms with van der Waals surface area (Å²) in [6.07, 6.45) is 0.726. The molecule has 0 bridgehead atoms. The Labute approximate surface area is 164 Å². The van der Waals surface area contributed by atoms with Gasteiger partial charge in [0.15, 0.2) is 23.0 Å². The van der Waals surface area contributed by atoms with Gasteiger partial charge < -0.3 is 24.3 Å². The molecule has 4 rings (SSSR count). The smallest absolute Gasteiger partial charge is 0.238 e. The lowest BCUT2D eigenvalue weighted by molar-refractivity contribution is -0.117. The van der Waals surface area contributed by atoms with E-state index < -0.39 is 0 Å². The number of ether oxygens (including phenoxy) is 4. The molecule has 1 amide bonds.